The average molecular weight is 327 g/mol. The molecule has 5 unspecified atom stereocenters. The second kappa shape index (κ2) is 7.35. The summed E-state index contributed by atoms with van der Waals surface area (Å²) in [6.45, 7) is 12.1. The fraction of sp³-hybridized carbons (Fsp3) is 1.00. The minimum absolute atomic E-state index is 0.343. The zero-order valence-corrected chi connectivity index (χ0v) is 16.5. The van der Waals surface area contributed by atoms with Gasteiger partial charge in [0.25, 0.3) is 0 Å². The van der Waals surface area contributed by atoms with E-state index in [0.29, 0.717) is 30.0 Å². The lowest BCUT2D eigenvalue weighted by atomic mass is 9.62. The van der Waals surface area contributed by atoms with Crippen LogP contribution in [0.3, 0.4) is 0 Å². The number of aliphatic hydroxyl groups is 1. The highest BCUT2D eigenvalue weighted by Gasteiger charge is 2.53. The fourth-order valence-corrected chi connectivity index (χ4v) is 8.61. The van der Waals surface area contributed by atoms with Crippen molar-refractivity contribution >= 4 is 8.32 Å². The Morgan fingerprint density at radius 1 is 1.14 bits per heavy atom. The average Bonchev–Trinajstić information content (AvgIpc) is 2.90. The van der Waals surface area contributed by atoms with Gasteiger partial charge in [-0.25, -0.2) is 0 Å². The second-order valence-corrected chi connectivity index (χ2v) is 13.0. The van der Waals surface area contributed by atoms with Crippen LogP contribution in [0.4, 0.5) is 0 Å². The van der Waals surface area contributed by atoms with Gasteiger partial charge in [0, 0.05) is 12.7 Å². The van der Waals surface area contributed by atoms with Gasteiger partial charge in [-0.05, 0) is 67.0 Å². The van der Waals surface area contributed by atoms with Gasteiger partial charge < -0.3 is 9.53 Å². The SMILES string of the molecule is CC[Si](CC)(CC)OC1CCCC2(C)C(C(C)CO)CCC12. The first kappa shape index (κ1) is 18.5. The Morgan fingerprint density at radius 3 is 2.32 bits per heavy atom. The number of rotatable bonds is 7. The van der Waals surface area contributed by atoms with Crippen LogP contribution >= 0.6 is 0 Å². The van der Waals surface area contributed by atoms with Crippen molar-refractivity contribution in [2.75, 3.05) is 6.61 Å². The highest BCUT2D eigenvalue weighted by Crippen LogP contribution is 2.58. The molecule has 2 saturated carbocycles. The van der Waals surface area contributed by atoms with Gasteiger partial charge in [-0.3, -0.25) is 0 Å². The Balaban J connectivity index is 2.16. The molecule has 0 spiro atoms. The van der Waals surface area contributed by atoms with Crippen molar-refractivity contribution in [3.05, 3.63) is 0 Å². The lowest BCUT2D eigenvalue weighted by Gasteiger charge is -2.48. The van der Waals surface area contributed by atoms with Crippen LogP contribution in [-0.2, 0) is 4.43 Å². The largest absolute Gasteiger partial charge is 0.414 e. The van der Waals surface area contributed by atoms with Gasteiger partial charge in [0.05, 0.1) is 0 Å². The van der Waals surface area contributed by atoms with Crippen molar-refractivity contribution in [2.45, 2.75) is 91.0 Å². The summed E-state index contributed by atoms with van der Waals surface area (Å²) in [5.41, 5.74) is 0.403. The molecule has 0 aromatic heterocycles. The van der Waals surface area contributed by atoms with E-state index in [2.05, 4.69) is 34.6 Å². The van der Waals surface area contributed by atoms with E-state index in [1.54, 1.807) is 0 Å². The molecule has 130 valence electrons. The van der Waals surface area contributed by atoms with E-state index in [1.165, 1.54) is 50.2 Å². The minimum atomic E-state index is -1.50. The van der Waals surface area contributed by atoms with Gasteiger partial charge in [-0.2, -0.15) is 0 Å². The van der Waals surface area contributed by atoms with Gasteiger partial charge in [-0.15, -0.1) is 0 Å². The fourth-order valence-electron chi connectivity index (χ4n) is 5.68. The first-order valence-corrected chi connectivity index (χ1v) is 12.3. The topological polar surface area (TPSA) is 29.5 Å². The quantitative estimate of drug-likeness (QED) is 0.650. The van der Waals surface area contributed by atoms with Crippen LogP contribution in [0.25, 0.3) is 0 Å². The lowest BCUT2D eigenvalue weighted by Crippen LogP contribution is -2.48. The third-order valence-electron chi connectivity index (χ3n) is 7.44. The summed E-state index contributed by atoms with van der Waals surface area (Å²) < 4.78 is 6.94. The Hall–Kier alpha value is 0.137. The predicted octanol–water partition coefficient (Wildman–Crippen LogP) is 5.22. The Labute approximate surface area is 139 Å². The van der Waals surface area contributed by atoms with Crippen LogP contribution in [-0.4, -0.2) is 26.1 Å². The van der Waals surface area contributed by atoms with E-state index in [0.717, 1.165) is 5.92 Å². The summed E-state index contributed by atoms with van der Waals surface area (Å²) in [6.07, 6.45) is 7.04. The lowest BCUT2D eigenvalue weighted by molar-refractivity contribution is -0.0251. The zero-order valence-electron chi connectivity index (χ0n) is 15.5. The summed E-state index contributed by atoms with van der Waals surface area (Å²) >= 11 is 0. The molecule has 0 saturated heterocycles. The normalized spacial score (nSPS) is 37.1. The second-order valence-electron chi connectivity index (χ2n) is 8.25. The Bertz CT molecular complexity index is 347. The monoisotopic (exact) mass is 326 g/mol. The molecule has 2 aliphatic carbocycles. The van der Waals surface area contributed by atoms with E-state index in [9.17, 15) is 5.11 Å². The van der Waals surface area contributed by atoms with Gasteiger partial charge in [0.2, 0.25) is 0 Å². The zero-order chi connectivity index (χ0) is 16.4. The molecule has 0 aliphatic heterocycles. The summed E-state index contributed by atoms with van der Waals surface area (Å²) in [6, 6.07) is 3.78. The summed E-state index contributed by atoms with van der Waals surface area (Å²) in [4.78, 5) is 0. The molecule has 0 heterocycles. The molecule has 2 fully saturated rings. The molecule has 5 atom stereocenters. The number of aliphatic hydroxyl groups excluding tert-OH is 1. The van der Waals surface area contributed by atoms with E-state index >= 15 is 0 Å². The summed E-state index contributed by atoms with van der Waals surface area (Å²) in [5.74, 6) is 1.87. The molecule has 0 bridgehead atoms. The third kappa shape index (κ3) is 3.18. The number of hydrogen-bond acceptors (Lipinski definition) is 2. The van der Waals surface area contributed by atoms with Crippen molar-refractivity contribution in [2.24, 2.45) is 23.2 Å². The van der Waals surface area contributed by atoms with Crippen LogP contribution in [0, 0.1) is 23.2 Å². The first-order valence-electron chi connectivity index (χ1n) is 9.75. The maximum absolute atomic E-state index is 9.64. The number of hydrogen-bond donors (Lipinski definition) is 1. The van der Waals surface area contributed by atoms with Crippen LogP contribution in [0.15, 0.2) is 0 Å². The molecule has 2 aliphatic rings. The molecular weight excluding hydrogens is 288 g/mol. The molecule has 1 N–H and O–H groups in total. The van der Waals surface area contributed by atoms with Crippen molar-refractivity contribution in [3.63, 3.8) is 0 Å². The molecule has 22 heavy (non-hydrogen) atoms. The standard InChI is InChI=1S/C19H38O2Si/c1-6-22(7-2,8-3)21-18-10-9-13-19(5)16(15(4)14-20)11-12-17(18)19/h15-18,20H,6-14H2,1-5H3. The van der Waals surface area contributed by atoms with E-state index < -0.39 is 8.32 Å². The van der Waals surface area contributed by atoms with E-state index in [-0.39, 0.29) is 0 Å². The van der Waals surface area contributed by atoms with E-state index in [4.69, 9.17) is 4.43 Å². The molecule has 3 heteroatoms. The van der Waals surface area contributed by atoms with Gasteiger partial charge in [0.1, 0.15) is 0 Å². The maximum atomic E-state index is 9.64. The Morgan fingerprint density at radius 2 is 1.77 bits per heavy atom. The van der Waals surface area contributed by atoms with Gasteiger partial charge in [-0.1, -0.05) is 41.0 Å². The smallest absolute Gasteiger partial charge is 0.192 e. The van der Waals surface area contributed by atoms with Gasteiger partial charge >= 0.3 is 0 Å². The summed E-state index contributed by atoms with van der Waals surface area (Å²) in [5, 5.41) is 9.64. The Kier molecular flexibility index (Phi) is 6.18. The van der Waals surface area contributed by atoms with E-state index in [1.807, 2.05) is 0 Å². The maximum Gasteiger partial charge on any atom is 0.192 e. The van der Waals surface area contributed by atoms with Crippen molar-refractivity contribution < 1.29 is 9.53 Å². The van der Waals surface area contributed by atoms with Crippen LogP contribution in [0.1, 0.15) is 66.7 Å². The molecule has 0 aromatic carbocycles. The van der Waals surface area contributed by atoms with Crippen molar-refractivity contribution in [1.29, 1.82) is 0 Å². The highest BCUT2D eigenvalue weighted by atomic mass is 28.4. The molecule has 0 amide bonds. The first-order chi connectivity index (χ1) is 10.5. The van der Waals surface area contributed by atoms with Gasteiger partial charge in [0.15, 0.2) is 8.32 Å². The van der Waals surface area contributed by atoms with Crippen molar-refractivity contribution in [1.82, 2.24) is 0 Å². The highest BCUT2D eigenvalue weighted by molar-refractivity contribution is 6.73. The number of fused-ring (bicyclic) bond motifs is 1. The van der Waals surface area contributed by atoms with Crippen LogP contribution in [0.5, 0.6) is 0 Å². The minimum Gasteiger partial charge on any atom is -0.414 e. The molecule has 2 rings (SSSR count). The predicted molar refractivity (Wildman–Crippen MR) is 96.5 cm³/mol. The van der Waals surface area contributed by atoms with Crippen LogP contribution in [0.2, 0.25) is 18.1 Å². The molecule has 0 radical (unpaired) electrons. The molecular formula is C19H38O2Si. The van der Waals surface area contributed by atoms with Crippen molar-refractivity contribution in [3.8, 4) is 0 Å². The third-order valence-corrected chi connectivity index (χ3v) is 12.1. The molecule has 0 aromatic rings. The molecule has 2 nitrogen and oxygen atoms in total. The summed E-state index contributed by atoms with van der Waals surface area (Å²) in [7, 11) is -1.50. The van der Waals surface area contributed by atoms with Crippen LogP contribution < -0.4 is 0 Å².